The van der Waals surface area contributed by atoms with Crippen molar-refractivity contribution < 1.29 is 13.9 Å². The van der Waals surface area contributed by atoms with Crippen molar-refractivity contribution >= 4 is 23.2 Å². The van der Waals surface area contributed by atoms with E-state index in [2.05, 4.69) is 20.8 Å². The van der Waals surface area contributed by atoms with Gasteiger partial charge in [0.25, 0.3) is 11.4 Å². The highest BCUT2D eigenvalue weighted by atomic mass is 35.5. The summed E-state index contributed by atoms with van der Waals surface area (Å²) in [5.41, 5.74) is 2.07. The van der Waals surface area contributed by atoms with Gasteiger partial charge in [0, 0.05) is 29.9 Å². The van der Waals surface area contributed by atoms with Gasteiger partial charge in [-0.2, -0.15) is 0 Å². The van der Waals surface area contributed by atoms with Crippen LogP contribution in [0.1, 0.15) is 63.1 Å². The molecule has 1 saturated carbocycles. The number of halogens is 1. The minimum absolute atomic E-state index is 0.0806. The predicted octanol–water partition coefficient (Wildman–Crippen LogP) is 5.47. The lowest BCUT2D eigenvalue weighted by Gasteiger charge is -2.26. The molecule has 0 bridgehead atoms. The number of para-hydroxylation sites is 1. The number of hydrogen-bond donors (Lipinski definition) is 2. The highest BCUT2D eigenvalue weighted by Gasteiger charge is 2.33. The fraction of sp³-hybridized carbons (Fsp3) is 0.400. The van der Waals surface area contributed by atoms with Crippen molar-refractivity contribution in [3.05, 3.63) is 75.5 Å². The van der Waals surface area contributed by atoms with Crippen molar-refractivity contribution in [1.29, 1.82) is 0 Å². The molecule has 216 valence electrons. The third kappa shape index (κ3) is 5.80. The smallest absolute Gasteiger partial charge is 0.295 e. The molecule has 41 heavy (non-hydrogen) atoms. The zero-order valence-electron chi connectivity index (χ0n) is 23.7. The average Bonchev–Trinajstić information content (AvgIpc) is 3.57. The minimum Gasteiger partial charge on any atom is -0.493 e. The van der Waals surface area contributed by atoms with Crippen molar-refractivity contribution in [3.8, 4) is 22.9 Å². The fourth-order valence-corrected chi connectivity index (χ4v) is 5.74. The van der Waals surface area contributed by atoms with Crippen molar-refractivity contribution in [1.82, 2.24) is 24.9 Å². The van der Waals surface area contributed by atoms with E-state index in [0.29, 0.717) is 53.3 Å². The molecule has 2 aromatic carbocycles. The van der Waals surface area contributed by atoms with Gasteiger partial charge < -0.3 is 19.8 Å². The maximum absolute atomic E-state index is 13.6. The number of amides is 1. The van der Waals surface area contributed by atoms with Crippen LogP contribution in [0, 0.1) is 5.92 Å². The average molecular weight is 579 g/mol. The normalized spacial score (nSPS) is 17.8. The first-order valence-electron chi connectivity index (χ1n) is 13.9. The molecule has 0 radical (unpaired) electrons. The monoisotopic (exact) mass is 578 g/mol. The fourth-order valence-electron chi connectivity index (χ4n) is 5.57. The van der Waals surface area contributed by atoms with Gasteiger partial charge in [0.2, 0.25) is 11.8 Å². The SMILES string of the molecule is CCOc1ccc(Cl)cc1-c1nnc(C2CCC[C@@H](C(=O)Nc3c([C@H](C)NC)n(C)n(-c4ccccc4)c3=O)C2)o1. The minimum atomic E-state index is -0.309. The van der Waals surface area contributed by atoms with E-state index in [-0.39, 0.29) is 35.0 Å². The molecule has 10 nitrogen and oxygen atoms in total. The van der Waals surface area contributed by atoms with Crippen LogP contribution in [0.5, 0.6) is 5.75 Å². The Morgan fingerprint density at radius 1 is 1.20 bits per heavy atom. The molecule has 5 rings (SSSR count). The second kappa shape index (κ2) is 12.3. The first-order valence-corrected chi connectivity index (χ1v) is 14.3. The maximum Gasteiger partial charge on any atom is 0.295 e. The second-order valence-corrected chi connectivity index (χ2v) is 10.8. The molecular formula is C30H35ClN6O4. The summed E-state index contributed by atoms with van der Waals surface area (Å²) in [6.07, 6.45) is 2.90. The molecule has 2 aromatic heterocycles. The Bertz CT molecular complexity index is 1580. The van der Waals surface area contributed by atoms with Gasteiger partial charge in [-0.15, -0.1) is 10.2 Å². The van der Waals surface area contributed by atoms with E-state index in [1.54, 1.807) is 27.6 Å². The molecule has 1 fully saturated rings. The molecule has 3 atom stereocenters. The molecule has 1 aliphatic carbocycles. The number of rotatable bonds is 9. The quantitative estimate of drug-likeness (QED) is 0.270. The Balaban J connectivity index is 1.38. The second-order valence-electron chi connectivity index (χ2n) is 10.3. The highest BCUT2D eigenvalue weighted by Crippen LogP contribution is 2.39. The van der Waals surface area contributed by atoms with E-state index in [9.17, 15) is 9.59 Å². The van der Waals surface area contributed by atoms with E-state index in [1.807, 2.05) is 58.3 Å². The number of hydrogen-bond acceptors (Lipinski definition) is 7. The van der Waals surface area contributed by atoms with Crippen LogP contribution >= 0.6 is 11.6 Å². The van der Waals surface area contributed by atoms with Gasteiger partial charge >= 0.3 is 0 Å². The van der Waals surface area contributed by atoms with E-state index in [0.717, 1.165) is 18.5 Å². The van der Waals surface area contributed by atoms with Gasteiger partial charge in [0.15, 0.2) is 0 Å². The van der Waals surface area contributed by atoms with Crippen molar-refractivity contribution in [2.45, 2.75) is 51.5 Å². The standard InChI is InChI=1S/C30H35ClN6O4/c1-5-40-24-15-14-21(31)17-23(24)29-35-34-28(41-29)20-11-9-10-19(16-20)27(38)33-25-26(18(2)32-3)36(4)37(30(25)39)22-12-7-6-8-13-22/h6-8,12-15,17-20,32H,5,9-11,16H2,1-4H3,(H,33,38)/t18-,19+,20?/m0/s1. The lowest BCUT2D eigenvalue weighted by Crippen LogP contribution is -2.30. The summed E-state index contributed by atoms with van der Waals surface area (Å²) in [6.45, 7) is 4.35. The number of nitrogens with zero attached hydrogens (tertiary/aromatic N) is 4. The summed E-state index contributed by atoms with van der Waals surface area (Å²) in [7, 11) is 3.65. The van der Waals surface area contributed by atoms with E-state index < -0.39 is 0 Å². The molecule has 1 aliphatic rings. The molecule has 1 unspecified atom stereocenters. The van der Waals surface area contributed by atoms with Gasteiger partial charge in [0.1, 0.15) is 11.4 Å². The Labute approximate surface area is 243 Å². The number of aromatic nitrogens is 4. The van der Waals surface area contributed by atoms with Crippen molar-refractivity contribution in [3.63, 3.8) is 0 Å². The van der Waals surface area contributed by atoms with Crippen LogP contribution < -0.4 is 20.9 Å². The summed E-state index contributed by atoms with van der Waals surface area (Å²) in [5, 5.41) is 15.3. The lowest BCUT2D eigenvalue weighted by molar-refractivity contribution is -0.121. The van der Waals surface area contributed by atoms with Crippen LogP contribution in [0.4, 0.5) is 5.69 Å². The Hall–Kier alpha value is -3.89. The largest absolute Gasteiger partial charge is 0.493 e. The van der Waals surface area contributed by atoms with Gasteiger partial charge in [-0.25, -0.2) is 4.68 Å². The summed E-state index contributed by atoms with van der Waals surface area (Å²) in [4.78, 5) is 27.2. The zero-order valence-corrected chi connectivity index (χ0v) is 24.4. The molecule has 1 amide bonds. The number of anilines is 1. The van der Waals surface area contributed by atoms with Gasteiger partial charge in [0.05, 0.1) is 23.6 Å². The third-order valence-electron chi connectivity index (χ3n) is 7.71. The molecule has 11 heteroatoms. The summed E-state index contributed by atoms with van der Waals surface area (Å²) in [6, 6.07) is 14.5. The number of carbonyl (C=O) groups excluding carboxylic acids is 1. The van der Waals surface area contributed by atoms with Crippen LogP contribution in [0.25, 0.3) is 17.1 Å². The number of ether oxygens (including phenoxy) is 1. The molecule has 0 aliphatic heterocycles. The molecule has 4 aromatic rings. The van der Waals surface area contributed by atoms with Crippen LogP contribution in [0.15, 0.2) is 57.7 Å². The first-order chi connectivity index (χ1) is 19.8. The summed E-state index contributed by atoms with van der Waals surface area (Å²) >= 11 is 6.22. The van der Waals surface area contributed by atoms with Crippen LogP contribution in [-0.2, 0) is 11.8 Å². The number of nitrogens with one attached hydrogen (secondary N) is 2. The van der Waals surface area contributed by atoms with Gasteiger partial charge in [-0.3, -0.25) is 14.3 Å². The predicted molar refractivity (Wildman–Crippen MR) is 158 cm³/mol. The number of benzene rings is 2. The molecule has 0 saturated heterocycles. The Morgan fingerprint density at radius 3 is 2.71 bits per heavy atom. The van der Waals surface area contributed by atoms with Crippen LogP contribution in [0.3, 0.4) is 0 Å². The molecule has 2 heterocycles. The Morgan fingerprint density at radius 2 is 1.98 bits per heavy atom. The van der Waals surface area contributed by atoms with Crippen LogP contribution in [-0.4, -0.2) is 39.1 Å². The summed E-state index contributed by atoms with van der Waals surface area (Å²) in [5.74, 6) is 0.850. The third-order valence-corrected chi connectivity index (χ3v) is 7.94. The van der Waals surface area contributed by atoms with Crippen molar-refractivity contribution in [2.75, 3.05) is 19.0 Å². The van der Waals surface area contributed by atoms with E-state index >= 15 is 0 Å². The highest BCUT2D eigenvalue weighted by molar-refractivity contribution is 6.30. The van der Waals surface area contributed by atoms with Gasteiger partial charge in [-0.05, 0) is 70.5 Å². The summed E-state index contributed by atoms with van der Waals surface area (Å²) < 4.78 is 15.2. The van der Waals surface area contributed by atoms with Crippen LogP contribution in [0.2, 0.25) is 5.02 Å². The Kier molecular flexibility index (Phi) is 8.60. The zero-order chi connectivity index (χ0) is 29.1. The van der Waals surface area contributed by atoms with E-state index in [1.165, 1.54) is 0 Å². The molecular weight excluding hydrogens is 544 g/mol. The molecule has 2 N–H and O–H groups in total. The first kappa shape index (κ1) is 28.6. The number of carbonyl (C=O) groups is 1. The van der Waals surface area contributed by atoms with E-state index in [4.69, 9.17) is 20.8 Å². The molecule has 0 spiro atoms. The van der Waals surface area contributed by atoms with Gasteiger partial charge in [-0.1, -0.05) is 36.2 Å². The lowest BCUT2D eigenvalue weighted by atomic mass is 9.81. The maximum atomic E-state index is 13.6. The van der Waals surface area contributed by atoms with Crippen molar-refractivity contribution in [2.24, 2.45) is 13.0 Å². The topological polar surface area (TPSA) is 116 Å².